The van der Waals surface area contributed by atoms with Crippen LogP contribution in [0.3, 0.4) is 0 Å². The molecule has 2 heteroatoms. The molecule has 0 aliphatic carbocycles. The van der Waals surface area contributed by atoms with Crippen LogP contribution in [0, 0.1) is 5.41 Å². The summed E-state index contributed by atoms with van der Waals surface area (Å²) in [5.74, 6) is 0. The van der Waals surface area contributed by atoms with Crippen LogP contribution in [0.5, 0.6) is 0 Å². The van der Waals surface area contributed by atoms with Crippen LogP contribution in [0.25, 0.3) is 0 Å². The van der Waals surface area contributed by atoms with Crippen molar-refractivity contribution in [1.29, 1.82) is 0 Å². The Morgan fingerprint density at radius 1 is 1.07 bits per heavy atom. The topological polar surface area (TPSA) is 15.3 Å². The number of hydrogen-bond acceptors (Lipinski definition) is 2. The van der Waals surface area contributed by atoms with E-state index in [4.69, 9.17) is 0 Å². The lowest BCUT2D eigenvalue weighted by Crippen LogP contribution is -2.60. The molecule has 2 heterocycles. The van der Waals surface area contributed by atoms with E-state index in [0.717, 1.165) is 0 Å². The molecule has 2 fully saturated rings. The average molecular weight is 200 g/mol. The fourth-order valence-corrected chi connectivity index (χ4v) is 2.22. The highest BCUT2D eigenvalue weighted by atomic mass is 15.1. The van der Waals surface area contributed by atoms with Crippen molar-refractivity contribution in [2.75, 3.05) is 33.2 Å². The zero-order valence-electron chi connectivity index (χ0n) is 10.7. The van der Waals surface area contributed by atoms with E-state index in [-0.39, 0.29) is 0 Å². The van der Waals surface area contributed by atoms with Crippen molar-refractivity contribution in [1.82, 2.24) is 10.2 Å². The molecule has 0 atom stereocenters. The Morgan fingerprint density at radius 3 is 1.93 bits per heavy atom. The third kappa shape index (κ3) is 3.58. The van der Waals surface area contributed by atoms with Gasteiger partial charge in [0.2, 0.25) is 0 Å². The number of hydrogen-bond donors (Lipinski definition) is 1. The molecule has 2 saturated heterocycles. The first-order valence-corrected chi connectivity index (χ1v) is 6.20. The Bertz CT molecular complexity index is 130. The fraction of sp³-hybridized carbons (Fsp3) is 1.00. The first kappa shape index (κ1) is 13.9. The van der Waals surface area contributed by atoms with Gasteiger partial charge in [-0.2, -0.15) is 0 Å². The highest BCUT2D eigenvalue weighted by Gasteiger charge is 2.39. The first-order valence-electron chi connectivity index (χ1n) is 6.20. The van der Waals surface area contributed by atoms with Crippen LogP contribution in [0.1, 0.15) is 40.5 Å². The Hall–Kier alpha value is -0.0800. The maximum Gasteiger partial charge on any atom is 0.00801 e. The maximum absolute atomic E-state index is 3.37. The van der Waals surface area contributed by atoms with Gasteiger partial charge in [-0.1, -0.05) is 27.7 Å². The van der Waals surface area contributed by atoms with Crippen molar-refractivity contribution in [3.63, 3.8) is 0 Å². The highest BCUT2D eigenvalue weighted by Crippen LogP contribution is 2.32. The van der Waals surface area contributed by atoms with Gasteiger partial charge in [-0.15, -0.1) is 0 Å². The van der Waals surface area contributed by atoms with Gasteiger partial charge in [0.25, 0.3) is 0 Å². The van der Waals surface area contributed by atoms with E-state index in [2.05, 4.69) is 17.3 Å². The first-order chi connectivity index (χ1) is 6.81. The maximum atomic E-state index is 3.37. The van der Waals surface area contributed by atoms with Crippen LogP contribution in [-0.4, -0.2) is 38.1 Å². The predicted octanol–water partition coefficient (Wildman–Crippen LogP) is 2.35. The summed E-state index contributed by atoms with van der Waals surface area (Å²) in [5.41, 5.74) is 0.688. The molecular weight excluding hydrogens is 172 g/mol. The quantitative estimate of drug-likeness (QED) is 0.646. The second-order valence-electron chi connectivity index (χ2n) is 3.94. The molecule has 2 nitrogen and oxygen atoms in total. The molecule has 0 radical (unpaired) electrons. The third-order valence-corrected chi connectivity index (χ3v) is 2.85. The lowest BCUT2D eigenvalue weighted by Gasteiger charge is -2.48. The summed E-state index contributed by atoms with van der Waals surface area (Å²) < 4.78 is 0. The highest BCUT2D eigenvalue weighted by molar-refractivity contribution is 4.96. The minimum absolute atomic E-state index is 0.688. The van der Waals surface area contributed by atoms with Gasteiger partial charge >= 0.3 is 0 Å². The molecule has 2 rings (SSSR count). The molecule has 0 unspecified atom stereocenters. The van der Waals surface area contributed by atoms with Crippen LogP contribution in [0.2, 0.25) is 0 Å². The van der Waals surface area contributed by atoms with Crippen molar-refractivity contribution in [3.05, 3.63) is 0 Å². The van der Waals surface area contributed by atoms with Gasteiger partial charge in [0, 0.05) is 25.0 Å². The van der Waals surface area contributed by atoms with Crippen LogP contribution >= 0.6 is 0 Å². The number of rotatable bonds is 0. The molecule has 1 spiro atoms. The second-order valence-corrected chi connectivity index (χ2v) is 3.94. The number of nitrogens with one attached hydrogen (secondary N) is 1. The second kappa shape index (κ2) is 7.24. The SMILES string of the molecule is CC.CC.CN1CCCC2(CNC2)C1. The van der Waals surface area contributed by atoms with E-state index in [1.54, 1.807) is 0 Å². The molecule has 0 amide bonds. The van der Waals surface area contributed by atoms with E-state index in [1.165, 1.54) is 39.0 Å². The summed E-state index contributed by atoms with van der Waals surface area (Å²) >= 11 is 0. The van der Waals surface area contributed by atoms with Gasteiger partial charge < -0.3 is 10.2 Å². The third-order valence-electron chi connectivity index (χ3n) is 2.85. The Morgan fingerprint density at radius 2 is 1.64 bits per heavy atom. The summed E-state index contributed by atoms with van der Waals surface area (Å²) in [5, 5.41) is 3.37. The smallest absolute Gasteiger partial charge is 0.00801 e. The van der Waals surface area contributed by atoms with Gasteiger partial charge in [0.15, 0.2) is 0 Å². The summed E-state index contributed by atoms with van der Waals surface area (Å²) in [7, 11) is 2.24. The largest absolute Gasteiger partial charge is 0.315 e. The summed E-state index contributed by atoms with van der Waals surface area (Å²) in [6.45, 7) is 13.1. The Labute approximate surface area is 90.1 Å². The summed E-state index contributed by atoms with van der Waals surface area (Å²) in [6, 6.07) is 0. The average Bonchev–Trinajstić information content (AvgIpc) is 2.22. The van der Waals surface area contributed by atoms with E-state index in [0.29, 0.717) is 5.41 Å². The molecule has 0 aromatic carbocycles. The zero-order chi connectivity index (χ0) is 11.0. The standard InChI is InChI=1S/C8H16N2.2C2H6/c1-10-4-2-3-8(7-10)5-9-6-8;2*1-2/h9H,2-7H2,1H3;2*1-2H3. The Kier molecular flexibility index (Phi) is 7.20. The van der Waals surface area contributed by atoms with Gasteiger partial charge in [0.05, 0.1) is 0 Å². The monoisotopic (exact) mass is 200 g/mol. The molecule has 0 saturated carbocycles. The number of nitrogens with zero attached hydrogens (tertiary/aromatic N) is 1. The van der Waals surface area contributed by atoms with Crippen molar-refractivity contribution in [3.8, 4) is 0 Å². The minimum atomic E-state index is 0.688. The summed E-state index contributed by atoms with van der Waals surface area (Å²) in [6.07, 6.45) is 2.85. The number of likely N-dealkylation sites (tertiary alicyclic amines) is 1. The van der Waals surface area contributed by atoms with Crippen molar-refractivity contribution < 1.29 is 0 Å². The normalized spacial score (nSPS) is 23.8. The van der Waals surface area contributed by atoms with Crippen LogP contribution in [0.4, 0.5) is 0 Å². The zero-order valence-corrected chi connectivity index (χ0v) is 10.7. The van der Waals surface area contributed by atoms with Crippen LogP contribution < -0.4 is 5.32 Å². The molecule has 86 valence electrons. The molecule has 0 aromatic rings. The molecular formula is C12H28N2. The minimum Gasteiger partial charge on any atom is -0.315 e. The van der Waals surface area contributed by atoms with Crippen molar-refractivity contribution in [2.45, 2.75) is 40.5 Å². The lowest BCUT2D eigenvalue weighted by atomic mass is 9.75. The fourth-order valence-electron chi connectivity index (χ4n) is 2.22. The predicted molar refractivity (Wildman–Crippen MR) is 64.7 cm³/mol. The van der Waals surface area contributed by atoms with E-state index >= 15 is 0 Å². The van der Waals surface area contributed by atoms with Crippen molar-refractivity contribution in [2.24, 2.45) is 5.41 Å². The van der Waals surface area contributed by atoms with E-state index < -0.39 is 0 Å². The molecule has 14 heavy (non-hydrogen) atoms. The Balaban J connectivity index is 0.000000379. The van der Waals surface area contributed by atoms with E-state index in [1.807, 2.05) is 27.7 Å². The van der Waals surface area contributed by atoms with Gasteiger partial charge in [-0.05, 0) is 26.4 Å². The van der Waals surface area contributed by atoms with Gasteiger partial charge in [-0.3, -0.25) is 0 Å². The molecule has 2 aliphatic heterocycles. The molecule has 0 bridgehead atoms. The molecule has 1 N–H and O–H groups in total. The van der Waals surface area contributed by atoms with E-state index in [9.17, 15) is 0 Å². The summed E-state index contributed by atoms with van der Waals surface area (Å²) in [4.78, 5) is 2.46. The van der Waals surface area contributed by atoms with Crippen LogP contribution in [-0.2, 0) is 0 Å². The van der Waals surface area contributed by atoms with Crippen LogP contribution in [0.15, 0.2) is 0 Å². The lowest BCUT2D eigenvalue weighted by molar-refractivity contribution is 0.0558. The molecule has 0 aromatic heterocycles. The van der Waals surface area contributed by atoms with Gasteiger partial charge in [-0.25, -0.2) is 0 Å². The number of piperidine rings is 1. The van der Waals surface area contributed by atoms with Crippen molar-refractivity contribution >= 4 is 0 Å². The molecule has 2 aliphatic rings. The van der Waals surface area contributed by atoms with Gasteiger partial charge in [0.1, 0.15) is 0 Å².